The van der Waals surface area contributed by atoms with Crippen molar-refractivity contribution in [3.05, 3.63) is 0 Å². The van der Waals surface area contributed by atoms with Crippen LogP contribution in [0, 0.1) is 11.3 Å². The highest BCUT2D eigenvalue weighted by atomic mass is 16.5. The van der Waals surface area contributed by atoms with Gasteiger partial charge in [-0.05, 0) is 69.1 Å². The molecule has 1 saturated carbocycles. The summed E-state index contributed by atoms with van der Waals surface area (Å²) in [6, 6.07) is 0. The molecule has 2 heteroatoms. The van der Waals surface area contributed by atoms with Gasteiger partial charge in [0.1, 0.15) is 0 Å². The summed E-state index contributed by atoms with van der Waals surface area (Å²) in [5, 5.41) is 10.7. The van der Waals surface area contributed by atoms with Crippen LogP contribution >= 0.6 is 0 Å². The van der Waals surface area contributed by atoms with Crippen LogP contribution in [0.25, 0.3) is 0 Å². The van der Waals surface area contributed by atoms with Crippen LogP contribution in [0.3, 0.4) is 0 Å². The van der Waals surface area contributed by atoms with E-state index in [9.17, 15) is 5.11 Å². The Labute approximate surface area is 118 Å². The van der Waals surface area contributed by atoms with E-state index in [0.29, 0.717) is 11.5 Å². The lowest BCUT2D eigenvalue weighted by atomic mass is 9.67. The van der Waals surface area contributed by atoms with E-state index in [4.69, 9.17) is 4.74 Å². The summed E-state index contributed by atoms with van der Waals surface area (Å²) >= 11 is 0. The predicted octanol–water partition coefficient (Wildman–Crippen LogP) is 4.30. The van der Waals surface area contributed by atoms with Crippen LogP contribution in [-0.4, -0.2) is 23.4 Å². The van der Waals surface area contributed by atoms with E-state index < -0.39 is 0 Å². The first-order valence-electron chi connectivity index (χ1n) is 8.23. The molecule has 1 saturated heterocycles. The van der Waals surface area contributed by atoms with Crippen LogP contribution in [0.2, 0.25) is 0 Å². The number of hydrogen-bond donors (Lipinski definition) is 1. The Hall–Kier alpha value is -0.0800. The monoisotopic (exact) mass is 268 g/mol. The van der Waals surface area contributed by atoms with Gasteiger partial charge in [-0.15, -0.1) is 0 Å². The number of hydrogen-bond acceptors (Lipinski definition) is 2. The molecule has 2 aliphatic rings. The summed E-state index contributed by atoms with van der Waals surface area (Å²) in [5.74, 6) is 0.783. The van der Waals surface area contributed by atoms with Gasteiger partial charge >= 0.3 is 0 Å². The topological polar surface area (TPSA) is 29.5 Å². The molecule has 1 unspecified atom stereocenters. The number of ether oxygens (including phenoxy) is 1. The maximum atomic E-state index is 10.7. The molecule has 0 aromatic heterocycles. The van der Waals surface area contributed by atoms with Gasteiger partial charge in [-0.2, -0.15) is 0 Å². The Bertz CT molecular complexity index is 265. The van der Waals surface area contributed by atoms with Gasteiger partial charge in [-0.1, -0.05) is 20.8 Å². The van der Waals surface area contributed by atoms with Gasteiger partial charge in [-0.25, -0.2) is 0 Å². The summed E-state index contributed by atoms with van der Waals surface area (Å²) in [5.41, 5.74) is 0.0272. The number of rotatable bonds is 4. The average molecular weight is 268 g/mol. The van der Waals surface area contributed by atoms with Crippen molar-refractivity contribution < 1.29 is 9.84 Å². The molecule has 1 atom stereocenters. The fourth-order valence-electron chi connectivity index (χ4n) is 3.80. The molecular formula is C17H32O2. The quantitative estimate of drug-likeness (QED) is 0.823. The molecule has 19 heavy (non-hydrogen) atoms. The second-order valence-corrected chi connectivity index (χ2v) is 7.89. The lowest BCUT2D eigenvalue weighted by Gasteiger charge is -2.41. The summed E-state index contributed by atoms with van der Waals surface area (Å²) in [4.78, 5) is 0. The van der Waals surface area contributed by atoms with Gasteiger partial charge in [0, 0.05) is 6.61 Å². The van der Waals surface area contributed by atoms with Crippen molar-refractivity contribution in [2.45, 2.75) is 90.3 Å². The maximum absolute atomic E-state index is 10.7. The van der Waals surface area contributed by atoms with Crippen molar-refractivity contribution in [3.8, 4) is 0 Å². The Balaban J connectivity index is 1.69. The molecule has 1 aliphatic heterocycles. The first kappa shape index (κ1) is 15.3. The lowest BCUT2D eigenvalue weighted by molar-refractivity contribution is -0.0349. The molecule has 1 heterocycles. The first-order valence-corrected chi connectivity index (χ1v) is 8.23. The smallest absolute Gasteiger partial charge is 0.0648 e. The normalized spacial score (nSPS) is 36.6. The zero-order valence-corrected chi connectivity index (χ0v) is 13.1. The fraction of sp³-hybridized carbons (Fsp3) is 1.00. The summed E-state index contributed by atoms with van der Waals surface area (Å²) < 4.78 is 5.66. The Morgan fingerprint density at radius 3 is 2.37 bits per heavy atom. The standard InChI is InChI=1S/C17H32O2/c1-16(2,3)14-8-11-17(18,12-9-14)10-4-6-15-7-5-13-19-15/h14-15,18H,4-13H2,1-3H3. The van der Waals surface area contributed by atoms with Crippen molar-refractivity contribution in [1.82, 2.24) is 0 Å². The van der Waals surface area contributed by atoms with Crippen molar-refractivity contribution in [2.75, 3.05) is 6.61 Å². The minimum Gasteiger partial charge on any atom is -0.390 e. The van der Waals surface area contributed by atoms with Gasteiger partial charge in [0.05, 0.1) is 11.7 Å². The zero-order valence-electron chi connectivity index (χ0n) is 13.1. The van der Waals surface area contributed by atoms with Crippen LogP contribution in [0.5, 0.6) is 0 Å². The highest BCUT2D eigenvalue weighted by Gasteiger charge is 2.36. The molecule has 0 amide bonds. The van der Waals surface area contributed by atoms with Crippen LogP contribution in [-0.2, 0) is 4.74 Å². The van der Waals surface area contributed by atoms with Gasteiger partial charge < -0.3 is 9.84 Å². The molecular weight excluding hydrogens is 236 g/mol. The fourth-order valence-corrected chi connectivity index (χ4v) is 3.80. The third-order valence-electron chi connectivity index (χ3n) is 5.33. The van der Waals surface area contributed by atoms with Crippen molar-refractivity contribution in [3.63, 3.8) is 0 Å². The molecule has 0 aromatic rings. The van der Waals surface area contributed by atoms with E-state index >= 15 is 0 Å². The van der Waals surface area contributed by atoms with Gasteiger partial charge in [0.15, 0.2) is 0 Å². The SMILES string of the molecule is CC(C)(C)C1CCC(O)(CCCC2CCCO2)CC1. The predicted molar refractivity (Wildman–Crippen MR) is 79.2 cm³/mol. The van der Waals surface area contributed by atoms with E-state index in [-0.39, 0.29) is 5.60 Å². The molecule has 0 aromatic carbocycles. The highest BCUT2D eigenvalue weighted by Crippen LogP contribution is 2.43. The van der Waals surface area contributed by atoms with E-state index in [1.165, 1.54) is 25.7 Å². The van der Waals surface area contributed by atoms with Crippen LogP contribution < -0.4 is 0 Å². The van der Waals surface area contributed by atoms with Gasteiger partial charge in [-0.3, -0.25) is 0 Å². The van der Waals surface area contributed by atoms with Crippen molar-refractivity contribution in [1.29, 1.82) is 0 Å². The highest BCUT2D eigenvalue weighted by molar-refractivity contribution is 4.89. The lowest BCUT2D eigenvalue weighted by Crippen LogP contribution is -2.37. The third kappa shape index (κ3) is 4.46. The molecule has 1 N–H and O–H groups in total. The van der Waals surface area contributed by atoms with Crippen molar-refractivity contribution >= 4 is 0 Å². The Morgan fingerprint density at radius 2 is 1.84 bits per heavy atom. The van der Waals surface area contributed by atoms with Crippen LogP contribution in [0.15, 0.2) is 0 Å². The average Bonchev–Trinajstić information content (AvgIpc) is 2.81. The van der Waals surface area contributed by atoms with Crippen LogP contribution in [0.1, 0.15) is 78.6 Å². The van der Waals surface area contributed by atoms with Gasteiger partial charge in [0.2, 0.25) is 0 Å². The minimum atomic E-state index is -0.375. The van der Waals surface area contributed by atoms with Gasteiger partial charge in [0.25, 0.3) is 0 Å². The summed E-state index contributed by atoms with van der Waals surface area (Å²) in [6.07, 6.45) is 10.6. The zero-order chi connectivity index (χ0) is 13.9. The van der Waals surface area contributed by atoms with E-state index in [1.54, 1.807) is 0 Å². The van der Waals surface area contributed by atoms with E-state index in [2.05, 4.69) is 20.8 Å². The maximum Gasteiger partial charge on any atom is 0.0648 e. The van der Waals surface area contributed by atoms with E-state index in [1.807, 2.05) is 0 Å². The molecule has 0 radical (unpaired) electrons. The largest absolute Gasteiger partial charge is 0.390 e. The molecule has 112 valence electrons. The third-order valence-corrected chi connectivity index (χ3v) is 5.33. The Morgan fingerprint density at radius 1 is 1.16 bits per heavy atom. The molecule has 1 aliphatic carbocycles. The van der Waals surface area contributed by atoms with Crippen LogP contribution in [0.4, 0.5) is 0 Å². The molecule has 2 fully saturated rings. The Kier molecular flexibility index (Phi) is 4.94. The molecule has 0 spiro atoms. The second-order valence-electron chi connectivity index (χ2n) is 7.89. The summed E-state index contributed by atoms with van der Waals surface area (Å²) in [7, 11) is 0. The second kappa shape index (κ2) is 6.13. The molecule has 2 nitrogen and oxygen atoms in total. The molecule has 0 bridgehead atoms. The number of aliphatic hydroxyl groups is 1. The molecule has 2 rings (SSSR count). The van der Waals surface area contributed by atoms with E-state index in [0.717, 1.165) is 44.6 Å². The van der Waals surface area contributed by atoms with Crippen molar-refractivity contribution in [2.24, 2.45) is 11.3 Å². The minimum absolute atomic E-state index is 0.375. The first-order chi connectivity index (χ1) is 8.89. The summed E-state index contributed by atoms with van der Waals surface area (Å²) in [6.45, 7) is 7.95.